The van der Waals surface area contributed by atoms with Crippen LogP contribution in [0.25, 0.3) is 0 Å². The van der Waals surface area contributed by atoms with Gasteiger partial charge >= 0.3 is 11.9 Å². The van der Waals surface area contributed by atoms with E-state index < -0.39 is 16.7 Å². The van der Waals surface area contributed by atoms with Gasteiger partial charge in [0.1, 0.15) is 4.75 Å². The highest BCUT2D eigenvalue weighted by molar-refractivity contribution is 8.02. The minimum Gasteiger partial charge on any atom is -0.481 e. The lowest BCUT2D eigenvalue weighted by Crippen LogP contribution is -2.36. The van der Waals surface area contributed by atoms with Crippen molar-refractivity contribution in [2.24, 2.45) is 11.8 Å². The lowest BCUT2D eigenvalue weighted by atomic mass is 9.93. The van der Waals surface area contributed by atoms with Gasteiger partial charge < -0.3 is 10.2 Å². The molecule has 5 heteroatoms. The molecule has 0 radical (unpaired) electrons. The maximum Gasteiger partial charge on any atom is 0.319 e. The Labute approximate surface area is 209 Å². The van der Waals surface area contributed by atoms with E-state index in [0.717, 1.165) is 62.1 Å². The van der Waals surface area contributed by atoms with E-state index in [1.165, 1.54) is 64.2 Å². The van der Waals surface area contributed by atoms with Crippen LogP contribution in [0.1, 0.15) is 143 Å². The van der Waals surface area contributed by atoms with Crippen molar-refractivity contribution in [1.29, 1.82) is 0 Å². The Hall–Kier alpha value is -0.710. The van der Waals surface area contributed by atoms with Crippen LogP contribution in [-0.4, -0.2) is 32.7 Å². The Bertz CT molecular complexity index is 464. The van der Waals surface area contributed by atoms with E-state index in [1.807, 2.05) is 0 Å². The molecule has 0 saturated carbocycles. The van der Waals surface area contributed by atoms with Crippen LogP contribution in [0.4, 0.5) is 0 Å². The monoisotopic (exact) mass is 486 g/mol. The first-order chi connectivity index (χ1) is 15.7. The number of carbonyl (C=O) groups is 2. The molecule has 0 amide bonds. The smallest absolute Gasteiger partial charge is 0.319 e. The molecular weight excluding hydrogens is 432 g/mol. The Kier molecular flexibility index (Phi) is 20.2. The molecule has 0 aliphatic carbocycles. The maximum atomic E-state index is 12.2. The van der Waals surface area contributed by atoms with Crippen molar-refractivity contribution in [1.82, 2.24) is 0 Å². The second-order valence-corrected chi connectivity index (χ2v) is 12.2. The van der Waals surface area contributed by atoms with E-state index in [4.69, 9.17) is 5.11 Å². The van der Waals surface area contributed by atoms with Gasteiger partial charge in [-0.25, -0.2) is 0 Å². The van der Waals surface area contributed by atoms with E-state index in [-0.39, 0.29) is 5.75 Å². The molecule has 0 aromatic heterocycles. The highest BCUT2D eigenvalue weighted by Gasteiger charge is 2.38. The molecule has 0 heterocycles. The van der Waals surface area contributed by atoms with E-state index in [0.29, 0.717) is 12.8 Å². The number of carboxylic acids is 2. The number of rotatable bonds is 24. The Morgan fingerprint density at radius 3 is 1.24 bits per heavy atom. The molecule has 0 aliphatic heterocycles. The van der Waals surface area contributed by atoms with Crippen LogP contribution >= 0.6 is 11.8 Å². The number of thioether (sulfide) groups is 1. The summed E-state index contributed by atoms with van der Waals surface area (Å²) in [6, 6.07) is 0. The average molecular weight is 487 g/mol. The van der Waals surface area contributed by atoms with Crippen LogP contribution in [0.5, 0.6) is 0 Å². The maximum absolute atomic E-state index is 12.2. The van der Waals surface area contributed by atoms with Crippen molar-refractivity contribution in [3.8, 4) is 0 Å². The van der Waals surface area contributed by atoms with Gasteiger partial charge in [0.15, 0.2) is 0 Å². The quantitative estimate of drug-likeness (QED) is 0.133. The van der Waals surface area contributed by atoms with Crippen LogP contribution in [0, 0.1) is 11.8 Å². The first kappa shape index (κ1) is 32.3. The minimum atomic E-state index is -0.938. The summed E-state index contributed by atoms with van der Waals surface area (Å²) in [6.45, 7) is 9.08. The van der Waals surface area contributed by atoms with Crippen LogP contribution in [0.15, 0.2) is 0 Å². The Balaban J connectivity index is 4.27. The third-order valence-electron chi connectivity index (χ3n) is 6.59. The zero-order chi connectivity index (χ0) is 25.0. The molecule has 0 atom stereocenters. The molecule has 33 heavy (non-hydrogen) atoms. The predicted octanol–water partition coefficient (Wildman–Crippen LogP) is 8.96. The number of hydrogen-bond donors (Lipinski definition) is 2. The van der Waals surface area contributed by atoms with Gasteiger partial charge in [0.25, 0.3) is 0 Å². The molecule has 0 spiro atoms. The molecule has 0 unspecified atom stereocenters. The zero-order valence-electron chi connectivity index (χ0n) is 22.2. The van der Waals surface area contributed by atoms with E-state index in [1.54, 1.807) is 0 Å². The Morgan fingerprint density at radius 1 is 0.606 bits per heavy atom. The summed E-state index contributed by atoms with van der Waals surface area (Å²) in [5.41, 5.74) is 0. The summed E-state index contributed by atoms with van der Waals surface area (Å²) in [5, 5.41) is 19.2. The van der Waals surface area contributed by atoms with E-state index >= 15 is 0 Å². The molecule has 196 valence electrons. The summed E-state index contributed by atoms with van der Waals surface area (Å²) in [5.74, 6) is -0.304. The molecular formula is C28H54O4S. The van der Waals surface area contributed by atoms with Crippen molar-refractivity contribution in [2.75, 3.05) is 5.75 Å². The number of hydrogen-bond acceptors (Lipinski definition) is 3. The van der Waals surface area contributed by atoms with Crippen molar-refractivity contribution < 1.29 is 19.8 Å². The normalized spacial score (nSPS) is 12.1. The third-order valence-corrected chi connectivity index (χ3v) is 8.11. The molecule has 2 N–H and O–H groups in total. The largest absolute Gasteiger partial charge is 0.481 e. The number of unbranched alkanes of at least 4 members (excludes halogenated alkanes) is 12. The number of aliphatic carboxylic acids is 2. The predicted molar refractivity (Wildman–Crippen MR) is 143 cm³/mol. The van der Waals surface area contributed by atoms with Crippen LogP contribution in [0.2, 0.25) is 0 Å². The molecule has 0 aliphatic rings. The van der Waals surface area contributed by atoms with Crippen LogP contribution < -0.4 is 0 Å². The van der Waals surface area contributed by atoms with Gasteiger partial charge in [-0.15, -0.1) is 11.8 Å². The van der Waals surface area contributed by atoms with Crippen LogP contribution in [0.3, 0.4) is 0 Å². The second kappa shape index (κ2) is 20.6. The second-order valence-electron chi connectivity index (χ2n) is 10.8. The summed E-state index contributed by atoms with van der Waals surface area (Å²) < 4.78 is -0.938. The van der Waals surface area contributed by atoms with Gasteiger partial charge in [0.05, 0.1) is 5.75 Å². The average Bonchev–Trinajstić information content (AvgIpc) is 2.73. The molecule has 0 bridgehead atoms. The zero-order valence-corrected chi connectivity index (χ0v) is 23.0. The highest BCUT2D eigenvalue weighted by Crippen LogP contribution is 2.37. The fourth-order valence-electron chi connectivity index (χ4n) is 4.44. The van der Waals surface area contributed by atoms with Gasteiger partial charge in [-0.1, -0.05) is 130 Å². The molecule has 0 saturated heterocycles. The van der Waals surface area contributed by atoms with Gasteiger partial charge in [0, 0.05) is 0 Å². The molecule has 0 rings (SSSR count). The van der Waals surface area contributed by atoms with Gasteiger partial charge in [0.2, 0.25) is 0 Å². The first-order valence-electron chi connectivity index (χ1n) is 13.8. The SMILES string of the molecule is CC(C)CCCCCCCCCC(CCCCCCCCCC(C)C)(SCC(=O)O)C(=O)O. The third kappa shape index (κ3) is 19.3. The fourth-order valence-corrected chi connectivity index (χ4v) is 5.54. The van der Waals surface area contributed by atoms with Crippen LogP contribution in [-0.2, 0) is 9.59 Å². The molecule has 0 aromatic rings. The lowest BCUT2D eigenvalue weighted by molar-refractivity contribution is -0.140. The standard InChI is InChI=1S/C28H54O4S/c1-24(2)19-15-11-7-5-9-13-17-21-28(27(31)32,33-23-26(29)30)22-18-14-10-6-8-12-16-20-25(3)4/h24-25H,5-23H2,1-4H3,(H,29,30)(H,31,32). The summed E-state index contributed by atoms with van der Waals surface area (Å²) in [4.78, 5) is 23.3. The number of carboxylic acid groups (broad SMARTS) is 2. The first-order valence-corrected chi connectivity index (χ1v) is 14.8. The van der Waals surface area contributed by atoms with Crippen molar-refractivity contribution in [3.05, 3.63) is 0 Å². The van der Waals surface area contributed by atoms with Gasteiger partial charge in [-0.3, -0.25) is 9.59 Å². The molecule has 4 nitrogen and oxygen atoms in total. The minimum absolute atomic E-state index is 0.127. The topological polar surface area (TPSA) is 74.6 Å². The summed E-state index contributed by atoms with van der Waals surface area (Å²) in [7, 11) is 0. The summed E-state index contributed by atoms with van der Waals surface area (Å²) >= 11 is 1.14. The van der Waals surface area contributed by atoms with Crippen molar-refractivity contribution in [2.45, 2.75) is 148 Å². The van der Waals surface area contributed by atoms with E-state index in [9.17, 15) is 14.7 Å². The fraction of sp³-hybridized carbons (Fsp3) is 0.929. The van der Waals surface area contributed by atoms with E-state index in [2.05, 4.69) is 27.7 Å². The van der Waals surface area contributed by atoms with Gasteiger partial charge in [-0.2, -0.15) is 0 Å². The lowest BCUT2D eigenvalue weighted by Gasteiger charge is -2.28. The summed E-state index contributed by atoms with van der Waals surface area (Å²) in [6.07, 6.45) is 20.1. The molecule has 0 fully saturated rings. The van der Waals surface area contributed by atoms with Gasteiger partial charge in [-0.05, 0) is 24.7 Å². The highest BCUT2D eigenvalue weighted by atomic mass is 32.2. The Morgan fingerprint density at radius 2 is 0.939 bits per heavy atom. The molecule has 0 aromatic carbocycles. The van der Waals surface area contributed by atoms with Crippen molar-refractivity contribution >= 4 is 23.7 Å². The van der Waals surface area contributed by atoms with Crippen molar-refractivity contribution in [3.63, 3.8) is 0 Å².